The number of hydrazine groups is 1. The lowest BCUT2D eigenvalue weighted by molar-refractivity contribution is 0.0766. The molecule has 0 amide bonds. The molecular formula is C14H27N3. The first-order valence-corrected chi connectivity index (χ1v) is 7.04. The Morgan fingerprint density at radius 2 is 1.88 bits per heavy atom. The predicted octanol–water partition coefficient (Wildman–Crippen LogP) is 2.19. The Balaban J connectivity index is 2.15. The summed E-state index contributed by atoms with van der Waals surface area (Å²) in [5, 5.41) is 0. The highest BCUT2D eigenvalue weighted by atomic mass is 15.3. The minimum atomic E-state index is 0.310. The fraction of sp³-hybridized carbons (Fsp3) is 0.857. The van der Waals surface area contributed by atoms with Crippen molar-refractivity contribution in [3.8, 4) is 0 Å². The number of nitrogens with two attached hydrogens (primary N) is 1. The van der Waals surface area contributed by atoms with Gasteiger partial charge < -0.3 is 0 Å². The predicted molar refractivity (Wildman–Crippen MR) is 72.5 cm³/mol. The van der Waals surface area contributed by atoms with E-state index < -0.39 is 0 Å². The number of nitrogens with one attached hydrogen (secondary N) is 1. The molecule has 2 aliphatic rings. The van der Waals surface area contributed by atoms with E-state index in [0.29, 0.717) is 11.6 Å². The Bertz CT molecular complexity index is 263. The highest BCUT2D eigenvalue weighted by Crippen LogP contribution is 2.41. The SMILES string of the molecule is C=C(C)CC(NN)C1(N2CCCC2)CCCC1. The second-order valence-electron chi connectivity index (χ2n) is 5.89. The van der Waals surface area contributed by atoms with Crippen LogP contribution in [0.4, 0.5) is 0 Å². The summed E-state index contributed by atoms with van der Waals surface area (Å²) in [6, 6.07) is 0.376. The average Bonchev–Trinajstić information content (AvgIpc) is 2.95. The number of likely N-dealkylation sites (tertiary alicyclic amines) is 1. The molecule has 3 heteroatoms. The van der Waals surface area contributed by atoms with Gasteiger partial charge in [-0.25, -0.2) is 0 Å². The van der Waals surface area contributed by atoms with Crippen LogP contribution in [-0.4, -0.2) is 29.6 Å². The van der Waals surface area contributed by atoms with Crippen molar-refractivity contribution in [3.05, 3.63) is 12.2 Å². The number of nitrogens with zero attached hydrogens (tertiary/aromatic N) is 1. The van der Waals surface area contributed by atoms with Crippen molar-refractivity contribution in [2.75, 3.05) is 13.1 Å². The smallest absolute Gasteiger partial charge is 0.0431 e. The summed E-state index contributed by atoms with van der Waals surface area (Å²) >= 11 is 0. The Kier molecular flexibility index (Phi) is 4.23. The van der Waals surface area contributed by atoms with E-state index in [1.807, 2.05) is 0 Å². The molecule has 1 saturated carbocycles. The first-order chi connectivity index (χ1) is 8.19. The molecule has 1 atom stereocenters. The third kappa shape index (κ3) is 2.56. The van der Waals surface area contributed by atoms with Crippen LogP contribution >= 0.6 is 0 Å². The zero-order valence-corrected chi connectivity index (χ0v) is 11.2. The maximum Gasteiger partial charge on any atom is 0.0431 e. The number of hydrogen-bond acceptors (Lipinski definition) is 3. The number of rotatable bonds is 5. The molecule has 0 spiro atoms. The fourth-order valence-corrected chi connectivity index (χ4v) is 3.79. The monoisotopic (exact) mass is 237 g/mol. The minimum Gasteiger partial charge on any atom is -0.296 e. The van der Waals surface area contributed by atoms with Crippen LogP contribution in [0.25, 0.3) is 0 Å². The molecule has 1 heterocycles. The van der Waals surface area contributed by atoms with E-state index in [1.165, 1.54) is 57.2 Å². The van der Waals surface area contributed by atoms with Gasteiger partial charge in [0, 0.05) is 11.6 Å². The zero-order valence-electron chi connectivity index (χ0n) is 11.2. The molecule has 0 aromatic rings. The Morgan fingerprint density at radius 3 is 2.35 bits per heavy atom. The summed E-state index contributed by atoms with van der Waals surface area (Å²) in [6.45, 7) is 8.68. The largest absolute Gasteiger partial charge is 0.296 e. The van der Waals surface area contributed by atoms with Crippen molar-refractivity contribution in [2.45, 2.75) is 63.5 Å². The van der Waals surface area contributed by atoms with E-state index in [4.69, 9.17) is 5.84 Å². The van der Waals surface area contributed by atoms with E-state index >= 15 is 0 Å². The molecule has 1 unspecified atom stereocenters. The van der Waals surface area contributed by atoms with Crippen molar-refractivity contribution >= 4 is 0 Å². The van der Waals surface area contributed by atoms with Crippen LogP contribution in [0.3, 0.4) is 0 Å². The van der Waals surface area contributed by atoms with E-state index in [1.54, 1.807) is 0 Å². The minimum absolute atomic E-state index is 0.310. The van der Waals surface area contributed by atoms with E-state index in [9.17, 15) is 0 Å². The molecule has 1 aliphatic heterocycles. The molecular weight excluding hydrogens is 210 g/mol. The lowest BCUT2D eigenvalue weighted by Crippen LogP contribution is -2.60. The molecule has 3 nitrogen and oxygen atoms in total. The molecule has 98 valence electrons. The first kappa shape index (κ1) is 13.1. The molecule has 17 heavy (non-hydrogen) atoms. The van der Waals surface area contributed by atoms with Crippen molar-refractivity contribution in [1.82, 2.24) is 10.3 Å². The van der Waals surface area contributed by atoms with Crippen LogP contribution in [0.5, 0.6) is 0 Å². The number of hydrogen-bond donors (Lipinski definition) is 2. The fourth-order valence-electron chi connectivity index (χ4n) is 3.79. The first-order valence-electron chi connectivity index (χ1n) is 7.04. The molecule has 1 aliphatic carbocycles. The van der Waals surface area contributed by atoms with Crippen molar-refractivity contribution in [2.24, 2.45) is 5.84 Å². The molecule has 0 radical (unpaired) electrons. The van der Waals surface area contributed by atoms with Crippen molar-refractivity contribution in [1.29, 1.82) is 0 Å². The lowest BCUT2D eigenvalue weighted by atomic mass is 9.83. The maximum absolute atomic E-state index is 5.84. The normalized spacial score (nSPS) is 26.2. The van der Waals surface area contributed by atoms with Crippen LogP contribution in [-0.2, 0) is 0 Å². The maximum atomic E-state index is 5.84. The van der Waals surface area contributed by atoms with Gasteiger partial charge >= 0.3 is 0 Å². The van der Waals surface area contributed by atoms with Gasteiger partial charge in [0.1, 0.15) is 0 Å². The molecule has 2 rings (SSSR count). The Labute approximate surface area is 105 Å². The average molecular weight is 237 g/mol. The zero-order chi connectivity index (χ0) is 12.3. The topological polar surface area (TPSA) is 41.3 Å². The van der Waals surface area contributed by atoms with E-state index in [0.717, 1.165) is 6.42 Å². The van der Waals surface area contributed by atoms with E-state index in [2.05, 4.69) is 23.8 Å². The molecule has 0 bridgehead atoms. The second kappa shape index (κ2) is 5.51. The molecule has 2 fully saturated rings. The summed E-state index contributed by atoms with van der Waals surface area (Å²) in [5.74, 6) is 5.84. The van der Waals surface area contributed by atoms with Gasteiger partial charge in [-0.2, -0.15) is 0 Å². The van der Waals surface area contributed by atoms with Gasteiger partial charge in [-0.1, -0.05) is 18.4 Å². The highest BCUT2D eigenvalue weighted by molar-refractivity contribution is 5.08. The van der Waals surface area contributed by atoms with Crippen LogP contribution in [0, 0.1) is 0 Å². The van der Waals surface area contributed by atoms with Crippen LogP contribution < -0.4 is 11.3 Å². The summed E-state index contributed by atoms with van der Waals surface area (Å²) in [5.41, 5.74) is 4.63. The molecule has 0 aromatic heterocycles. The highest BCUT2D eigenvalue weighted by Gasteiger charge is 2.45. The van der Waals surface area contributed by atoms with Gasteiger partial charge in [0.15, 0.2) is 0 Å². The standard InChI is InChI=1S/C14H27N3/c1-12(2)11-13(16-15)14(7-3-4-8-14)17-9-5-6-10-17/h13,16H,1,3-11,15H2,2H3. The summed E-state index contributed by atoms with van der Waals surface area (Å²) in [6.07, 6.45) is 9.02. The Hall–Kier alpha value is -0.380. The lowest BCUT2D eigenvalue weighted by Gasteiger charge is -2.45. The van der Waals surface area contributed by atoms with Gasteiger partial charge in [0.05, 0.1) is 0 Å². The van der Waals surface area contributed by atoms with E-state index in [-0.39, 0.29) is 0 Å². The van der Waals surface area contributed by atoms with Gasteiger partial charge in [-0.15, -0.1) is 6.58 Å². The quantitative estimate of drug-likeness (QED) is 0.437. The van der Waals surface area contributed by atoms with Crippen molar-refractivity contribution in [3.63, 3.8) is 0 Å². The van der Waals surface area contributed by atoms with Gasteiger partial charge in [-0.3, -0.25) is 16.2 Å². The van der Waals surface area contributed by atoms with Gasteiger partial charge in [0.2, 0.25) is 0 Å². The van der Waals surface area contributed by atoms with Gasteiger partial charge in [-0.05, 0) is 52.1 Å². The second-order valence-corrected chi connectivity index (χ2v) is 5.89. The third-order valence-electron chi connectivity index (χ3n) is 4.61. The molecule has 3 N–H and O–H groups in total. The van der Waals surface area contributed by atoms with Gasteiger partial charge in [0.25, 0.3) is 0 Å². The van der Waals surface area contributed by atoms with Crippen LogP contribution in [0.15, 0.2) is 12.2 Å². The van der Waals surface area contributed by atoms with Crippen LogP contribution in [0.1, 0.15) is 51.9 Å². The summed E-state index contributed by atoms with van der Waals surface area (Å²) in [7, 11) is 0. The molecule has 0 aromatic carbocycles. The summed E-state index contributed by atoms with van der Waals surface area (Å²) in [4.78, 5) is 2.70. The molecule has 1 saturated heterocycles. The summed E-state index contributed by atoms with van der Waals surface area (Å²) < 4.78 is 0. The van der Waals surface area contributed by atoms with Crippen LogP contribution in [0.2, 0.25) is 0 Å². The Morgan fingerprint density at radius 1 is 1.29 bits per heavy atom. The third-order valence-corrected chi connectivity index (χ3v) is 4.61. The van der Waals surface area contributed by atoms with Crippen molar-refractivity contribution < 1.29 is 0 Å².